The van der Waals surface area contributed by atoms with E-state index in [1.807, 2.05) is 6.92 Å². The van der Waals surface area contributed by atoms with Crippen molar-refractivity contribution in [2.75, 3.05) is 12.4 Å². The Bertz CT molecular complexity index is 265. The molecule has 1 heterocycles. The predicted molar refractivity (Wildman–Crippen MR) is 51.0 cm³/mol. The summed E-state index contributed by atoms with van der Waals surface area (Å²) in [6.45, 7) is 1.95. The molecule has 0 amide bonds. The van der Waals surface area contributed by atoms with E-state index < -0.39 is 0 Å². The first kappa shape index (κ1) is 9.55. The van der Waals surface area contributed by atoms with Crippen molar-refractivity contribution in [2.45, 2.75) is 13.3 Å². The Labute approximate surface area is 81.1 Å². The number of rotatable bonds is 2. The van der Waals surface area contributed by atoms with Gasteiger partial charge < -0.3 is 5.32 Å². The molecule has 0 aliphatic carbocycles. The normalized spacial score (nSPS) is 10.0. The number of nitrogens with one attached hydrogen (secondary N) is 1. The Kier molecular flexibility index (Phi) is 3.12. The second-order valence-corrected chi connectivity index (χ2v) is 2.93. The predicted octanol–water partition coefficient (Wildman–Crippen LogP) is 2.39. The SMILES string of the molecule is CCc1c(Cl)nc(NC)nc1Cl. The lowest BCUT2D eigenvalue weighted by atomic mass is 10.3. The molecule has 0 aliphatic rings. The molecule has 0 spiro atoms. The zero-order valence-corrected chi connectivity index (χ0v) is 8.37. The molecule has 0 bridgehead atoms. The smallest absolute Gasteiger partial charge is 0.225 e. The van der Waals surface area contributed by atoms with Gasteiger partial charge in [-0.15, -0.1) is 0 Å². The van der Waals surface area contributed by atoms with Gasteiger partial charge in [-0.3, -0.25) is 0 Å². The van der Waals surface area contributed by atoms with Crippen LogP contribution in [-0.4, -0.2) is 17.0 Å². The van der Waals surface area contributed by atoms with Gasteiger partial charge in [-0.25, -0.2) is 9.97 Å². The zero-order valence-electron chi connectivity index (χ0n) is 6.86. The molecular formula is C7H9Cl2N3. The summed E-state index contributed by atoms with van der Waals surface area (Å²) in [5, 5.41) is 3.61. The Hall–Kier alpha value is -0.540. The number of aromatic nitrogens is 2. The first-order valence-electron chi connectivity index (χ1n) is 3.58. The monoisotopic (exact) mass is 205 g/mol. The van der Waals surface area contributed by atoms with Gasteiger partial charge in [-0.1, -0.05) is 30.1 Å². The van der Waals surface area contributed by atoms with Gasteiger partial charge in [-0.05, 0) is 6.42 Å². The first-order valence-corrected chi connectivity index (χ1v) is 4.34. The highest BCUT2D eigenvalue weighted by Gasteiger charge is 2.08. The average Bonchev–Trinajstić information content (AvgIpc) is 2.03. The molecule has 0 aromatic carbocycles. The summed E-state index contributed by atoms with van der Waals surface area (Å²) in [4.78, 5) is 7.96. The highest BCUT2D eigenvalue weighted by Crippen LogP contribution is 2.22. The molecule has 0 unspecified atom stereocenters. The first-order chi connectivity index (χ1) is 5.69. The van der Waals surface area contributed by atoms with Crippen molar-refractivity contribution >= 4 is 29.2 Å². The van der Waals surface area contributed by atoms with Gasteiger partial charge in [0.2, 0.25) is 5.95 Å². The molecule has 1 rings (SSSR count). The van der Waals surface area contributed by atoms with Crippen molar-refractivity contribution in [3.63, 3.8) is 0 Å². The lowest BCUT2D eigenvalue weighted by Crippen LogP contribution is -1.99. The lowest BCUT2D eigenvalue weighted by molar-refractivity contribution is 1.04. The van der Waals surface area contributed by atoms with Gasteiger partial charge in [-0.2, -0.15) is 0 Å². The largest absolute Gasteiger partial charge is 0.357 e. The second-order valence-electron chi connectivity index (χ2n) is 2.21. The summed E-state index contributed by atoms with van der Waals surface area (Å²) in [5.74, 6) is 0.446. The van der Waals surface area contributed by atoms with Crippen LogP contribution in [0.5, 0.6) is 0 Å². The summed E-state index contributed by atoms with van der Waals surface area (Å²) in [6.07, 6.45) is 0.738. The fourth-order valence-corrected chi connectivity index (χ4v) is 1.49. The molecule has 1 aromatic heterocycles. The van der Waals surface area contributed by atoms with Crippen LogP contribution in [-0.2, 0) is 6.42 Å². The third-order valence-corrected chi connectivity index (χ3v) is 2.11. The van der Waals surface area contributed by atoms with Crippen LogP contribution in [0.2, 0.25) is 10.3 Å². The number of hydrogen-bond donors (Lipinski definition) is 1. The summed E-state index contributed by atoms with van der Waals surface area (Å²) < 4.78 is 0. The van der Waals surface area contributed by atoms with Crippen molar-refractivity contribution in [3.8, 4) is 0 Å². The third-order valence-electron chi connectivity index (χ3n) is 1.48. The maximum Gasteiger partial charge on any atom is 0.225 e. The van der Waals surface area contributed by atoms with Crippen molar-refractivity contribution < 1.29 is 0 Å². The Morgan fingerprint density at radius 3 is 2.08 bits per heavy atom. The summed E-state index contributed by atoms with van der Waals surface area (Å²) in [7, 11) is 1.72. The minimum Gasteiger partial charge on any atom is -0.357 e. The summed E-state index contributed by atoms with van der Waals surface area (Å²) in [6, 6.07) is 0. The Morgan fingerprint density at radius 2 is 1.75 bits per heavy atom. The number of nitrogens with zero attached hydrogens (tertiary/aromatic N) is 2. The number of halogens is 2. The van der Waals surface area contributed by atoms with E-state index in [-0.39, 0.29) is 0 Å². The van der Waals surface area contributed by atoms with Crippen molar-refractivity contribution in [2.24, 2.45) is 0 Å². The van der Waals surface area contributed by atoms with Crippen molar-refractivity contribution in [1.29, 1.82) is 0 Å². The van der Waals surface area contributed by atoms with Crippen LogP contribution >= 0.6 is 23.2 Å². The van der Waals surface area contributed by atoms with Crippen molar-refractivity contribution in [3.05, 3.63) is 15.9 Å². The van der Waals surface area contributed by atoms with E-state index in [1.54, 1.807) is 7.05 Å². The second kappa shape index (κ2) is 3.92. The zero-order chi connectivity index (χ0) is 9.14. The van der Waals surface area contributed by atoms with Crippen LogP contribution in [0.25, 0.3) is 0 Å². The van der Waals surface area contributed by atoms with Gasteiger partial charge in [0, 0.05) is 12.6 Å². The van der Waals surface area contributed by atoms with Gasteiger partial charge in [0.25, 0.3) is 0 Å². The molecule has 1 N–H and O–H groups in total. The maximum absolute atomic E-state index is 5.84. The molecule has 0 saturated heterocycles. The lowest BCUT2D eigenvalue weighted by Gasteiger charge is -2.04. The van der Waals surface area contributed by atoms with E-state index >= 15 is 0 Å². The van der Waals surface area contributed by atoms with E-state index in [2.05, 4.69) is 15.3 Å². The highest BCUT2D eigenvalue weighted by molar-refractivity contribution is 6.34. The maximum atomic E-state index is 5.84. The molecule has 0 radical (unpaired) electrons. The van der Waals surface area contributed by atoms with Crippen LogP contribution < -0.4 is 5.32 Å². The molecule has 0 fully saturated rings. The van der Waals surface area contributed by atoms with Crippen LogP contribution in [0.1, 0.15) is 12.5 Å². The molecule has 0 atom stereocenters. The van der Waals surface area contributed by atoms with E-state index in [1.165, 1.54) is 0 Å². The standard InChI is InChI=1S/C7H9Cl2N3/c1-3-4-5(8)11-7(10-2)12-6(4)9/h3H2,1-2H3,(H,10,11,12). The molecule has 0 aliphatic heterocycles. The molecule has 0 saturated carbocycles. The van der Waals surface area contributed by atoms with E-state index in [4.69, 9.17) is 23.2 Å². The Morgan fingerprint density at radius 1 is 1.25 bits per heavy atom. The molecule has 66 valence electrons. The molecule has 5 heteroatoms. The number of anilines is 1. The quantitative estimate of drug-likeness (QED) is 0.755. The van der Waals surface area contributed by atoms with Crippen LogP contribution in [0.4, 0.5) is 5.95 Å². The van der Waals surface area contributed by atoms with Gasteiger partial charge in [0.05, 0.1) is 0 Å². The molecule has 12 heavy (non-hydrogen) atoms. The average molecular weight is 206 g/mol. The van der Waals surface area contributed by atoms with E-state index in [9.17, 15) is 0 Å². The van der Waals surface area contributed by atoms with Gasteiger partial charge in [0.15, 0.2) is 0 Å². The topological polar surface area (TPSA) is 37.8 Å². The fourth-order valence-electron chi connectivity index (χ4n) is 0.835. The van der Waals surface area contributed by atoms with Crippen LogP contribution in [0.3, 0.4) is 0 Å². The number of hydrogen-bond acceptors (Lipinski definition) is 3. The molecule has 3 nitrogen and oxygen atoms in total. The third kappa shape index (κ3) is 1.79. The van der Waals surface area contributed by atoms with Crippen LogP contribution in [0.15, 0.2) is 0 Å². The van der Waals surface area contributed by atoms with E-state index in [0.717, 1.165) is 12.0 Å². The summed E-state index contributed by atoms with van der Waals surface area (Å²) >= 11 is 11.7. The molecular weight excluding hydrogens is 197 g/mol. The van der Waals surface area contributed by atoms with E-state index in [0.29, 0.717) is 16.3 Å². The highest BCUT2D eigenvalue weighted by atomic mass is 35.5. The van der Waals surface area contributed by atoms with Crippen LogP contribution in [0, 0.1) is 0 Å². The van der Waals surface area contributed by atoms with Gasteiger partial charge >= 0.3 is 0 Å². The minimum atomic E-state index is 0.418. The Balaban J connectivity index is 3.18. The van der Waals surface area contributed by atoms with Crippen molar-refractivity contribution in [1.82, 2.24) is 9.97 Å². The molecule has 1 aromatic rings. The minimum absolute atomic E-state index is 0.418. The summed E-state index contributed by atoms with van der Waals surface area (Å²) in [5.41, 5.74) is 0.789. The fraction of sp³-hybridized carbons (Fsp3) is 0.429. The van der Waals surface area contributed by atoms with Gasteiger partial charge in [0.1, 0.15) is 10.3 Å².